The highest BCUT2D eigenvalue weighted by Crippen LogP contribution is 2.42. The van der Waals surface area contributed by atoms with Gasteiger partial charge in [0, 0.05) is 34.9 Å². The number of carbonyl (C=O) groups excluding carboxylic acids is 7. The number of alkyl carbamates (subject to hydrolysis) is 1. The normalized spacial score (nSPS) is 21.6. The van der Waals surface area contributed by atoms with E-state index in [2.05, 4.69) is 74.4 Å². The molecule has 2 fully saturated rings. The smallest absolute Gasteiger partial charge is 0.408 e. The number of fused-ring (bicyclic) bond motifs is 1. The van der Waals surface area contributed by atoms with Gasteiger partial charge in [0.05, 0.1) is 32.0 Å². The van der Waals surface area contributed by atoms with Gasteiger partial charge in [0.1, 0.15) is 60.6 Å². The largest absolute Gasteiger partial charge is 0.497 e. The van der Waals surface area contributed by atoms with Crippen LogP contribution < -0.4 is 36.6 Å². The van der Waals surface area contributed by atoms with Crippen LogP contribution in [0.25, 0.3) is 11.2 Å². The number of aromatic amines is 1. The maximum Gasteiger partial charge on any atom is 0.408 e. The van der Waals surface area contributed by atoms with Crippen molar-refractivity contribution in [3.63, 3.8) is 0 Å². The van der Waals surface area contributed by atoms with Crippen LogP contribution in [0.15, 0.2) is 61.2 Å². The number of amides is 7. The zero-order valence-electron chi connectivity index (χ0n) is 42.5. The average molecular weight is 1160 g/mol. The van der Waals surface area contributed by atoms with Crippen LogP contribution in [-0.4, -0.2) is 154 Å². The summed E-state index contributed by atoms with van der Waals surface area (Å²) in [6.45, 7) is 7.93. The third kappa shape index (κ3) is 14.6. The molecule has 0 spiro atoms. The number of rotatable bonds is 24. The standard InChI is InChI=1S/C50H66IN11O13/c1-7-18-50(51,8-2)32-21-36(65)62(48(32)71)19-17-35(64)59-37(26(3)4)46(70)56-27(5)44(68)57-30-13-9-29(10-14-30)23-74-49(72)58-33(20-28-11-15-31(73-6)16-12-28)45(69)60-38-34(22-63)75-47(41(67)40(38)66)61-43-39-42(53-24-52-39)54-25-55-43/h9-16,24-27,32-34,37-38,40-41,47,63,66-67H,7-8,17-23H2,1-6H3,(H,56,70)(H,57,68)(H,58,72)(H,59,64)(H,60,69)(H2,52,53,54,55,61)/t27-,32?,33-,34-,37-,38+,40-,41+,47+,50?/m0/s1. The number of H-pyrrole nitrogens is 1. The lowest BCUT2D eigenvalue weighted by Crippen LogP contribution is -2.67. The van der Waals surface area contributed by atoms with Gasteiger partial charge in [-0.15, -0.1) is 0 Å². The third-order valence-corrected chi connectivity index (χ3v) is 15.3. The first-order chi connectivity index (χ1) is 35.8. The Labute approximate surface area is 446 Å². The summed E-state index contributed by atoms with van der Waals surface area (Å²) in [7, 11) is 1.50. The van der Waals surface area contributed by atoms with Gasteiger partial charge in [0.25, 0.3) is 0 Å². The van der Waals surface area contributed by atoms with Gasteiger partial charge in [0.2, 0.25) is 35.4 Å². The van der Waals surface area contributed by atoms with Crippen LogP contribution in [0, 0.1) is 11.8 Å². The van der Waals surface area contributed by atoms with E-state index in [1.807, 2.05) is 13.8 Å². The molecule has 2 aromatic carbocycles. The van der Waals surface area contributed by atoms with E-state index in [0.29, 0.717) is 33.7 Å². The summed E-state index contributed by atoms with van der Waals surface area (Å²) in [4.78, 5) is 109. The van der Waals surface area contributed by atoms with Crippen molar-refractivity contribution in [1.29, 1.82) is 0 Å². The number of likely N-dealkylation sites (tertiary alicyclic amines) is 1. The minimum absolute atomic E-state index is 0.0530. The van der Waals surface area contributed by atoms with Crippen LogP contribution in [0.4, 0.5) is 16.3 Å². The maximum absolute atomic E-state index is 14.0. The molecule has 7 amide bonds. The lowest BCUT2D eigenvalue weighted by atomic mass is 9.85. The van der Waals surface area contributed by atoms with Gasteiger partial charge < -0.3 is 66.4 Å². The zero-order valence-corrected chi connectivity index (χ0v) is 44.7. The van der Waals surface area contributed by atoms with Crippen LogP contribution in [0.2, 0.25) is 0 Å². The molecule has 75 heavy (non-hydrogen) atoms. The predicted octanol–water partition coefficient (Wildman–Crippen LogP) is 1.97. The number of ether oxygens (including phenoxy) is 3. The van der Waals surface area contributed by atoms with Crippen molar-refractivity contribution in [1.82, 2.24) is 46.1 Å². The molecule has 4 aromatic rings. The van der Waals surface area contributed by atoms with Crippen LogP contribution in [-0.2, 0) is 51.3 Å². The highest BCUT2D eigenvalue weighted by molar-refractivity contribution is 14.1. The van der Waals surface area contributed by atoms with E-state index in [4.69, 9.17) is 14.2 Å². The molecule has 2 saturated heterocycles. The molecule has 25 heteroatoms. The molecular formula is C50H66IN11O13. The van der Waals surface area contributed by atoms with Gasteiger partial charge in [0.15, 0.2) is 17.7 Å². The van der Waals surface area contributed by atoms with Crippen LogP contribution in [0.5, 0.6) is 5.75 Å². The first kappa shape index (κ1) is 57.7. The topological polar surface area (TPSA) is 338 Å². The molecule has 24 nitrogen and oxygen atoms in total. The Morgan fingerprint density at radius 2 is 1.63 bits per heavy atom. The zero-order chi connectivity index (χ0) is 54.6. The number of aromatic nitrogens is 4. The van der Waals surface area contributed by atoms with E-state index in [-0.39, 0.29) is 59.4 Å². The van der Waals surface area contributed by atoms with E-state index < -0.39 is 91.0 Å². The predicted molar refractivity (Wildman–Crippen MR) is 280 cm³/mol. The van der Waals surface area contributed by atoms with Gasteiger partial charge in [-0.1, -0.05) is 81.0 Å². The summed E-state index contributed by atoms with van der Waals surface area (Å²) in [6, 6.07) is 8.33. The third-order valence-electron chi connectivity index (χ3n) is 13.2. The number of carbonyl (C=O) groups is 7. The molecule has 0 bridgehead atoms. The van der Waals surface area contributed by atoms with E-state index in [1.165, 1.54) is 26.7 Å². The fourth-order valence-corrected chi connectivity index (χ4v) is 9.89. The Balaban J connectivity index is 0.994. The molecule has 0 radical (unpaired) electrons. The second-order valence-corrected chi connectivity index (χ2v) is 21.0. The Hall–Kier alpha value is -6.55. The highest BCUT2D eigenvalue weighted by Gasteiger charge is 2.49. The Morgan fingerprint density at radius 3 is 2.28 bits per heavy atom. The number of anilines is 2. The van der Waals surface area contributed by atoms with Gasteiger partial charge in [-0.3, -0.25) is 33.7 Å². The Kier molecular flexibility index (Phi) is 20.2. The number of hydrogen-bond donors (Lipinski definition) is 10. The van der Waals surface area contributed by atoms with Crippen molar-refractivity contribution in [3.8, 4) is 5.75 Å². The van der Waals surface area contributed by atoms with Crippen molar-refractivity contribution in [3.05, 3.63) is 72.3 Å². The molecule has 2 unspecified atom stereocenters. The minimum Gasteiger partial charge on any atom is -0.497 e. The molecule has 4 heterocycles. The number of alkyl halides is 1. The molecule has 10 atom stereocenters. The van der Waals surface area contributed by atoms with Crippen molar-refractivity contribution in [2.75, 3.05) is 30.9 Å². The monoisotopic (exact) mass is 1160 g/mol. The average Bonchev–Trinajstić information content (AvgIpc) is 4.00. The Morgan fingerprint density at radius 1 is 0.920 bits per heavy atom. The van der Waals surface area contributed by atoms with Gasteiger partial charge in [-0.05, 0) is 61.1 Å². The molecule has 406 valence electrons. The van der Waals surface area contributed by atoms with E-state index >= 15 is 0 Å². The van der Waals surface area contributed by atoms with Crippen molar-refractivity contribution < 1.29 is 63.1 Å². The Bertz CT molecular complexity index is 2640. The van der Waals surface area contributed by atoms with Gasteiger partial charge in [-0.2, -0.15) is 0 Å². The molecule has 0 aliphatic carbocycles. The van der Waals surface area contributed by atoms with Crippen LogP contribution in [0.3, 0.4) is 0 Å². The molecule has 2 aliphatic heterocycles. The van der Waals surface area contributed by atoms with Gasteiger partial charge >= 0.3 is 6.09 Å². The quantitative estimate of drug-likeness (QED) is 0.0272. The van der Waals surface area contributed by atoms with E-state index in [9.17, 15) is 48.9 Å². The number of methoxy groups -OCH3 is 1. The summed E-state index contributed by atoms with van der Waals surface area (Å²) in [6.07, 6.45) is -1.92. The lowest BCUT2D eigenvalue weighted by Gasteiger charge is -2.43. The number of benzene rings is 2. The first-order valence-electron chi connectivity index (χ1n) is 24.7. The van der Waals surface area contributed by atoms with Gasteiger partial charge in [-0.25, -0.2) is 19.7 Å². The lowest BCUT2D eigenvalue weighted by molar-refractivity contribution is -0.185. The minimum atomic E-state index is -1.67. The van der Waals surface area contributed by atoms with Crippen LogP contribution in [0.1, 0.15) is 77.8 Å². The van der Waals surface area contributed by atoms with Crippen LogP contribution >= 0.6 is 22.6 Å². The number of halogens is 1. The fourth-order valence-electron chi connectivity index (χ4n) is 8.87. The number of nitrogens with zero attached hydrogens (tertiary/aromatic N) is 4. The summed E-state index contributed by atoms with van der Waals surface area (Å²) in [5.41, 5.74) is 2.21. The molecule has 0 saturated carbocycles. The highest BCUT2D eigenvalue weighted by atomic mass is 127. The van der Waals surface area contributed by atoms with Crippen molar-refractivity contribution >= 4 is 86.8 Å². The summed E-state index contributed by atoms with van der Waals surface area (Å²) in [5, 5.41) is 48.8. The molecule has 6 rings (SSSR count). The van der Waals surface area contributed by atoms with Crippen molar-refractivity contribution in [2.24, 2.45) is 11.8 Å². The number of imide groups is 1. The molecular weight excluding hydrogens is 1090 g/mol. The van der Waals surface area contributed by atoms with E-state index in [1.54, 1.807) is 62.4 Å². The second-order valence-electron chi connectivity index (χ2n) is 18.8. The number of aliphatic hydroxyl groups excluding tert-OH is 3. The summed E-state index contributed by atoms with van der Waals surface area (Å²) >= 11 is 2.29. The summed E-state index contributed by atoms with van der Waals surface area (Å²) in [5.74, 6) is -3.17. The summed E-state index contributed by atoms with van der Waals surface area (Å²) < 4.78 is 16.3. The maximum atomic E-state index is 14.0. The van der Waals surface area contributed by atoms with E-state index in [0.717, 1.165) is 24.2 Å². The van der Waals surface area contributed by atoms with Crippen molar-refractivity contribution in [2.45, 2.75) is 132 Å². The number of imidazole rings is 1. The fraction of sp³-hybridized carbons (Fsp3) is 0.520. The number of nitrogens with one attached hydrogen (secondary N) is 7. The number of hydrogen-bond acceptors (Lipinski definition) is 17. The SMILES string of the molecule is CCCC(I)(CC)C1CC(=O)N(CCC(=O)N[C@H](C(=O)N[C@@H](C)C(=O)Nc2ccc(COC(=O)N[C@@H](Cc3ccc(OC)cc3)C(=O)N[C@H]3[C@H](O)[C@@H](O)[C@H](Nc4ncnc5nc[nH]c45)O[C@H]3CO)cc2)C(C)C)C1=O. The number of aliphatic hydroxyl groups is 3. The molecule has 10 N–H and O–H groups in total. The second kappa shape index (κ2) is 26.3. The molecule has 2 aliphatic rings. The molecule has 2 aromatic heterocycles. The first-order valence-corrected chi connectivity index (χ1v) is 25.8.